The van der Waals surface area contributed by atoms with Crippen molar-refractivity contribution < 1.29 is 0 Å². The largest absolute Gasteiger partial charge is 0.239 e. The first kappa shape index (κ1) is 10.2. The van der Waals surface area contributed by atoms with E-state index in [-0.39, 0.29) is 0 Å². The van der Waals surface area contributed by atoms with Crippen molar-refractivity contribution >= 4 is 21.6 Å². The Hall–Kier alpha value is -1.29. The maximum Gasteiger partial charge on any atom is 0.117 e. The Morgan fingerprint density at radius 2 is 2.13 bits per heavy atom. The summed E-state index contributed by atoms with van der Waals surface area (Å²) in [5.41, 5.74) is 1.06. The summed E-state index contributed by atoms with van der Waals surface area (Å²) in [7, 11) is 0. The molecule has 3 nitrogen and oxygen atoms in total. The number of hydrogen-bond acceptors (Lipinski definition) is 4. The lowest BCUT2D eigenvalue weighted by Gasteiger charge is -1.86. The molecule has 2 aromatic rings. The molecule has 0 amide bonds. The van der Waals surface area contributed by atoms with E-state index in [1.54, 1.807) is 11.3 Å². The monoisotopic (exact) mass is 219 g/mol. The Morgan fingerprint density at radius 1 is 1.27 bits per heavy atom. The molecule has 0 aliphatic rings. The average Bonchev–Trinajstić information content (AvgIpc) is 2.67. The molecule has 0 bridgehead atoms. The number of fused-ring (bicyclic) bond motifs is 1. The minimum absolute atomic E-state index is 0.610. The zero-order chi connectivity index (χ0) is 10.5. The lowest BCUT2D eigenvalue weighted by molar-refractivity contribution is 0.812. The van der Waals surface area contributed by atoms with E-state index in [0.717, 1.165) is 23.5 Å². The number of nitrogens with zero attached hydrogens (tertiary/aromatic N) is 3. The van der Waals surface area contributed by atoms with Crippen molar-refractivity contribution in [1.29, 1.82) is 0 Å². The molecule has 0 aliphatic heterocycles. The third kappa shape index (κ3) is 2.59. The second-order valence-corrected chi connectivity index (χ2v) is 4.36. The Balaban J connectivity index is 2.09. The SMILES string of the molecule is CCCN=NCc1nc2ccccc2s1. The van der Waals surface area contributed by atoms with Crippen molar-refractivity contribution in [2.24, 2.45) is 10.2 Å². The molecule has 0 radical (unpaired) electrons. The molecule has 0 unspecified atom stereocenters. The van der Waals surface area contributed by atoms with Gasteiger partial charge in [0.2, 0.25) is 0 Å². The van der Waals surface area contributed by atoms with Gasteiger partial charge in [-0.25, -0.2) is 4.98 Å². The molecule has 15 heavy (non-hydrogen) atoms. The van der Waals surface area contributed by atoms with E-state index in [1.807, 2.05) is 18.2 Å². The first-order valence-corrected chi connectivity index (χ1v) is 5.89. The Kier molecular flexibility index (Phi) is 3.40. The normalized spacial score (nSPS) is 11.5. The highest BCUT2D eigenvalue weighted by Crippen LogP contribution is 2.21. The second-order valence-electron chi connectivity index (χ2n) is 3.24. The second kappa shape index (κ2) is 4.98. The van der Waals surface area contributed by atoms with Crippen molar-refractivity contribution in [2.45, 2.75) is 19.9 Å². The molecule has 1 aromatic carbocycles. The van der Waals surface area contributed by atoms with Gasteiger partial charge in [-0.1, -0.05) is 19.1 Å². The zero-order valence-corrected chi connectivity index (χ0v) is 9.50. The fourth-order valence-corrected chi connectivity index (χ4v) is 2.15. The Labute approximate surface area is 92.9 Å². The van der Waals surface area contributed by atoms with Crippen LogP contribution in [0.25, 0.3) is 10.2 Å². The molecule has 0 aliphatic carbocycles. The van der Waals surface area contributed by atoms with Gasteiger partial charge < -0.3 is 0 Å². The molecule has 0 fully saturated rings. The molecule has 1 heterocycles. The van der Waals surface area contributed by atoms with E-state index in [1.165, 1.54) is 4.70 Å². The maximum absolute atomic E-state index is 4.48. The van der Waals surface area contributed by atoms with Gasteiger partial charge in [0.1, 0.15) is 11.6 Å². The minimum Gasteiger partial charge on any atom is -0.239 e. The van der Waals surface area contributed by atoms with Gasteiger partial charge in [-0.05, 0) is 18.6 Å². The highest BCUT2D eigenvalue weighted by atomic mass is 32.1. The van der Waals surface area contributed by atoms with Crippen LogP contribution in [-0.2, 0) is 6.54 Å². The number of thiazole rings is 1. The summed E-state index contributed by atoms with van der Waals surface area (Å²) in [6, 6.07) is 8.14. The molecule has 0 saturated carbocycles. The Bertz CT molecular complexity index is 429. The summed E-state index contributed by atoms with van der Waals surface area (Å²) in [4.78, 5) is 4.48. The van der Waals surface area contributed by atoms with E-state index in [2.05, 4.69) is 28.2 Å². The van der Waals surface area contributed by atoms with Crippen LogP contribution in [0, 0.1) is 0 Å². The van der Waals surface area contributed by atoms with Crippen LogP contribution >= 0.6 is 11.3 Å². The fourth-order valence-electron chi connectivity index (χ4n) is 1.27. The summed E-state index contributed by atoms with van der Waals surface area (Å²) in [6.45, 7) is 3.51. The predicted octanol–water partition coefficient (Wildman–Crippen LogP) is 3.66. The third-order valence-electron chi connectivity index (χ3n) is 1.97. The van der Waals surface area contributed by atoms with Gasteiger partial charge in [-0.3, -0.25) is 0 Å². The van der Waals surface area contributed by atoms with Gasteiger partial charge in [-0.15, -0.1) is 11.3 Å². The number of aromatic nitrogens is 1. The first-order chi connectivity index (χ1) is 7.40. The molecule has 0 N–H and O–H groups in total. The number of para-hydroxylation sites is 1. The van der Waals surface area contributed by atoms with Gasteiger partial charge >= 0.3 is 0 Å². The Morgan fingerprint density at radius 3 is 2.93 bits per heavy atom. The summed E-state index contributed by atoms with van der Waals surface area (Å²) in [5, 5.41) is 9.18. The summed E-state index contributed by atoms with van der Waals surface area (Å²) in [5.74, 6) is 0. The molecule has 1 aromatic heterocycles. The van der Waals surface area contributed by atoms with E-state index in [9.17, 15) is 0 Å². The van der Waals surface area contributed by atoms with Crippen LogP contribution in [0.1, 0.15) is 18.4 Å². The molecule has 0 spiro atoms. The summed E-state index contributed by atoms with van der Waals surface area (Å²) in [6.07, 6.45) is 1.04. The summed E-state index contributed by atoms with van der Waals surface area (Å²) >= 11 is 1.69. The van der Waals surface area contributed by atoms with Crippen molar-refractivity contribution in [3.8, 4) is 0 Å². The lowest BCUT2D eigenvalue weighted by Crippen LogP contribution is -1.78. The number of azo groups is 1. The molecule has 78 valence electrons. The average molecular weight is 219 g/mol. The van der Waals surface area contributed by atoms with Crippen molar-refractivity contribution in [3.63, 3.8) is 0 Å². The smallest absolute Gasteiger partial charge is 0.117 e. The van der Waals surface area contributed by atoms with Gasteiger partial charge in [0.15, 0.2) is 0 Å². The maximum atomic E-state index is 4.48. The van der Waals surface area contributed by atoms with Gasteiger partial charge in [0.05, 0.1) is 16.8 Å². The first-order valence-electron chi connectivity index (χ1n) is 5.08. The van der Waals surface area contributed by atoms with Crippen molar-refractivity contribution in [3.05, 3.63) is 29.3 Å². The molecule has 4 heteroatoms. The van der Waals surface area contributed by atoms with E-state index in [0.29, 0.717) is 6.54 Å². The molecular weight excluding hydrogens is 206 g/mol. The molecular formula is C11H13N3S. The van der Waals surface area contributed by atoms with Gasteiger partial charge in [-0.2, -0.15) is 10.2 Å². The predicted molar refractivity (Wildman–Crippen MR) is 63.3 cm³/mol. The van der Waals surface area contributed by atoms with Crippen LogP contribution in [0.4, 0.5) is 0 Å². The van der Waals surface area contributed by atoms with Gasteiger partial charge in [0.25, 0.3) is 0 Å². The van der Waals surface area contributed by atoms with Crippen LogP contribution in [0.5, 0.6) is 0 Å². The van der Waals surface area contributed by atoms with Gasteiger partial charge in [0, 0.05) is 0 Å². The fraction of sp³-hybridized carbons (Fsp3) is 0.364. The quantitative estimate of drug-likeness (QED) is 0.723. The topological polar surface area (TPSA) is 37.6 Å². The summed E-state index contributed by atoms with van der Waals surface area (Å²) < 4.78 is 1.22. The lowest BCUT2D eigenvalue weighted by atomic mass is 10.3. The van der Waals surface area contributed by atoms with Crippen LogP contribution in [0.3, 0.4) is 0 Å². The highest BCUT2D eigenvalue weighted by Gasteiger charge is 2.01. The molecule has 2 rings (SSSR count). The van der Waals surface area contributed by atoms with Crippen LogP contribution in [-0.4, -0.2) is 11.5 Å². The minimum atomic E-state index is 0.610. The van der Waals surface area contributed by atoms with E-state index >= 15 is 0 Å². The molecule has 0 saturated heterocycles. The third-order valence-corrected chi connectivity index (χ3v) is 2.99. The highest BCUT2D eigenvalue weighted by molar-refractivity contribution is 7.18. The van der Waals surface area contributed by atoms with Crippen LogP contribution in [0.2, 0.25) is 0 Å². The number of rotatable bonds is 4. The standard InChI is InChI=1S/C11H13N3S/c1-2-7-12-13-8-11-14-9-5-3-4-6-10(9)15-11/h3-6H,2,7-8H2,1H3. The zero-order valence-electron chi connectivity index (χ0n) is 8.68. The van der Waals surface area contributed by atoms with E-state index < -0.39 is 0 Å². The number of hydrogen-bond donors (Lipinski definition) is 0. The van der Waals surface area contributed by atoms with Crippen molar-refractivity contribution in [2.75, 3.05) is 6.54 Å². The molecule has 0 atom stereocenters. The van der Waals surface area contributed by atoms with E-state index in [4.69, 9.17) is 0 Å². The van der Waals surface area contributed by atoms with Crippen LogP contribution in [0.15, 0.2) is 34.5 Å². The van der Waals surface area contributed by atoms with Crippen LogP contribution < -0.4 is 0 Å². The van der Waals surface area contributed by atoms with Crippen molar-refractivity contribution in [1.82, 2.24) is 4.98 Å². The number of benzene rings is 1.